The first-order valence-electron chi connectivity index (χ1n) is 20.1. The minimum absolute atomic E-state index is 0.124. The highest BCUT2D eigenvalue weighted by molar-refractivity contribution is 5.76. The van der Waals surface area contributed by atoms with Crippen molar-refractivity contribution in [3.05, 3.63) is 59.9 Å². The molecule has 0 bridgehead atoms. The Balaban J connectivity index is 0.000000916. The minimum Gasteiger partial charge on any atom is -0.493 e. The van der Waals surface area contributed by atoms with Crippen molar-refractivity contribution in [3.8, 4) is 17.2 Å². The highest BCUT2D eigenvalue weighted by Crippen LogP contribution is 2.45. The van der Waals surface area contributed by atoms with Crippen molar-refractivity contribution in [1.82, 2.24) is 14.8 Å². The predicted molar refractivity (Wildman–Crippen MR) is 219 cm³/mol. The monoisotopic (exact) mass is 726 g/mol. The van der Waals surface area contributed by atoms with E-state index in [9.17, 15) is 9.59 Å². The second-order valence-corrected chi connectivity index (χ2v) is 13.6. The Labute approximate surface area is 318 Å². The summed E-state index contributed by atoms with van der Waals surface area (Å²) in [6.45, 7) is 24.1. The van der Waals surface area contributed by atoms with Crippen LogP contribution >= 0.6 is 0 Å². The second kappa shape index (κ2) is 30.0. The van der Waals surface area contributed by atoms with E-state index in [4.69, 9.17) is 14.2 Å². The molecule has 296 valence electrons. The molecule has 0 saturated carbocycles. The van der Waals surface area contributed by atoms with Gasteiger partial charge in [-0.2, -0.15) is 0 Å². The van der Waals surface area contributed by atoms with Crippen LogP contribution in [-0.2, 0) is 11.2 Å². The lowest BCUT2D eigenvalue weighted by Crippen LogP contribution is -2.29. The SMILES string of the molecule is CC.CCC(C)CC=O.CCC(CC(C)C=CCN1CCN(C)C1=O)[C@@H](C)c1cc(OC)c2c(c1)OCO2.CCCCC.CCCc1cccnc1. The van der Waals surface area contributed by atoms with Crippen LogP contribution in [-0.4, -0.2) is 67.7 Å². The molecule has 2 aliphatic rings. The lowest BCUT2D eigenvalue weighted by atomic mass is 9.80. The Morgan fingerprint density at radius 1 is 0.981 bits per heavy atom. The van der Waals surface area contributed by atoms with Gasteiger partial charge in [-0.3, -0.25) is 4.98 Å². The predicted octanol–water partition coefficient (Wildman–Crippen LogP) is 11.4. The summed E-state index contributed by atoms with van der Waals surface area (Å²) in [7, 11) is 3.52. The zero-order valence-corrected chi connectivity index (χ0v) is 35.1. The number of benzene rings is 1. The fraction of sp³-hybridized carbons (Fsp3) is 0.659. The molecule has 1 aromatic carbocycles. The number of allylic oxidation sites excluding steroid dienone is 1. The smallest absolute Gasteiger partial charge is 0.320 e. The number of unbranched alkanes of at least 4 members (excludes halogenated alkanes) is 2. The Bertz CT molecular complexity index is 1220. The van der Waals surface area contributed by atoms with Gasteiger partial charge >= 0.3 is 6.03 Å². The highest BCUT2D eigenvalue weighted by atomic mass is 16.7. The van der Waals surface area contributed by atoms with Crippen LogP contribution in [0, 0.1) is 17.8 Å². The number of urea groups is 1. The van der Waals surface area contributed by atoms with Crippen molar-refractivity contribution < 1.29 is 23.8 Å². The number of carbonyl (C=O) groups excluding carboxylic acids is 2. The molecule has 1 saturated heterocycles. The van der Waals surface area contributed by atoms with Gasteiger partial charge in [-0.1, -0.05) is 126 Å². The third kappa shape index (κ3) is 18.8. The van der Waals surface area contributed by atoms with E-state index in [0.717, 1.165) is 63.0 Å². The number of aromatic nitrogens is 1. The van der Waals surface area contributed by atoms with Gasteiger partial charge in [-0.15, -0.1) is 0 Å². The van der Waals surface area contributed by atoms with Crippen LogP contribution in [0.1, 0.15) is 138 Å². The number of pyridine rings is 1. The third-order valence-electron chi connectivity index (χ3n) is 9.37. The van der Waals surface area contributed by atoms with Gasteiger partial charge in [0.2, 0.25) is 12.5 Å². The molecule has 8 nitrogen and oxygen atoms in total. The van der Waals surface area contributed by atoms with Crippen molar-refractivity contribution in [1.29, 1.82) is 0 Å². The molecule has 8 heteroatoms. The summed E-state index contributed by atoms with van der Waals surface area (Å²) in [5.74, 6) is 4.17. The summed E-state index contributed by atoms with van der Waals surface area (Å²) in [5, 5.41) is 0. The summed E-state index contributed by atoms with van der Waals surface area (Å²) >= 11 is 0. The van der Waals surface area contributed by atoms with E-state index in [-0.39, 0.29) is 12.8 Å². The average molecular weight is 726 g/mol. The molecule has 0 radical (unpaired) electrons. The number of rotatable bonds is 16. The number of methoxy groups -OCH3 is 1. The summed E-state index contributed by atoms with van der Waals surface area (Å²) in [6.07, 6.45) is 19.5. The van der Waals surface area contributed by atoms with Crippen molar-refractivity contribution in [2.24, 2.45) is 17.8 Å². The van der Waals surface area contributed by atoms with Crippen LogP contribution in [0.5, 0.6) is 17.2 Å². The van der Waals surface area contributed by atoms with E-state index in [1.807, 2.05) is 38.1 Å². The van der Waals surface area contributed by atoms with E-state index in [2.05, 4.69) is 90.7 Å². The molecule has 4 atom stereocenters. The molecule has 0 spiro atoms. The number of fused-ring (bicyclic) bond motifs is 1. The van der Waals surface area contributed by atoms with Crippen molar-refractivity contribution in [2.75, 3.05) is 40.6 Å². The topological polar surface area (TPSA) is 81.2 Å². The quantitative estimate of drug-likeness (QED) is 0.127. The fourth-order valence-electron chi connectivity index (χ4n) is 5.78. The van der Waals surface area contributed by atoms with Gasteiger partial charge in [0.1, 0.15) is 6.29 Å². The maximum atomic E-state index is 12.0. The molecule has 1 aromatic heterocycles. The molecule has 52 heavy (non-hydrogen) atoms. The summed E-state index contributed by atoms with van der Waals surface area (Å²) in [4.78, 5) is 29.4. The first-order valence-corrected chi connectivity index (χ1v) is 20.1. The molecule has 0 aliphatic carbocycles. The maximum Gasteiger partial charge on any atom is 0.320 e. The summed E-state index contributed by atoms with van der Waals surface area (Å²) in [5.41, 5.74) is 2.56. The van der Waals surface area contributed by atoms with Crippen molar-refractivity contribution >= 4 is 12.3 Å². The Kier molecular flexibility index (Phi) is 27.9. The van der Waals surface area contributed by atoms with E-state index in [1.54, 1.807) is 18.2 Å². The standard InChI is InChI=1S/C23H34N2O4.C8H11N.C6H12O.C5H12.C2H6/c1-6-18(12-16(2)8-7-9-25-11-10-24(4)23(25)26)17(3)19-13-20(27-5)22-21(14-19)28-15-29-22;1-2-4-8-5-3-6-9-7-8;1-3-6(2)4-5-7;1-3-5-4-2;1-2/h7-8,13-14,16-18H,6,9-12,15H2,1-5H3;3,5-7H,2,4H2,1H3;5-6H,3-4H2,1-2H3;3-5H2,1-2H3;1-2H3/t16?,17-,18?;;;;/m1..../s1. The van der Waals surface area contributed by atoms with Crippen LogP contribution in [0.2, 0.25) is 0 Å². The van der Waals surface area contributed by atoms with Crippen LogP contribution < -0.4 is 14.2 Å². The van der Waals surface area contributed by atoms with E-state index >= 15 is 0 Å². The van der Waals surface area contributed by atoms with Crippen LogP contribution in [0.25, 0.3) is 0 Å². The molecular formula is C44H75N3O5. The number of carbonyl (C=O) groups is 2. The number of aldehydes is 1. The number of amides is 2. The Hall–Kier alpha value is -3.55. The second-order valence-electron chi connectivity index (χ2n) is 13.6. The molecule has 2 aromatic rings. The Morgan fingerprint density at radius 2 is 1.69 bits per heavy atom. The van der Waals surface area contributed by atoms with Gasteiger partial charge in [0.05, 0.1) is 7.11 Å². The molecule has 2 amide bonds. The molecule has 3 unspecified atom stereocenters. The molecule has 2 aliphatic heterocycles. The van der Waals surface area contributed by atoms with Crippen molar-refractivity contribution in [2.45, 2.75) is 133 Å². The van der Waals surface area contributed by atoms with Gasteiger partial charge in [0, 0.05) is 45.5 Å². The van der Waals surface area contributed by atoms with E-state index in [1.165, 1.54) is 36.8 Å². The number of hydrogen-bond donors (Lipinski definition) is 0. The van der Waals surface area contributed by atoms with Crippen LogP contribution in [0.3, 0.4) is 0 Å². The van der Waals surface area contributed by atoms with Gasteiger partial charge < -0.3 is 28.8 Å². The molecule has 4 rings (SSSR count). The molecular weight excluding hydrogens is 650 g/mol. The van der Waals surface area contributed by atoms with Crippen LogP contribution in [0.15, 0.2) is 48.8 Å². The van der Waals surface area contributed by atoms with E-state index in [0.29, 0.717) is 36.0 Å². The zero-order chi connectivity index (χ0) is 39.3. The summed E-state index contributed by atoms with van der Waals surface area (Å²) in [6, 6.07) is 8.38. The van der Waals surface area contributed by atoms with Crippen LogP contribution in [0.4, 0.5) is 4.79 Å². The average Bonchev–Trinajstić information content (AvgIpc) is 3.78. The fourth-order valence-corrected chi connectivity index (χ4v) is 5.78. The largest absolute Gasteiger partial charge is 0.493 e. The zero-order valence-electron chi connectivity index (χ0n) is 35.1. The third-order valence-corrected chi connectivity index (χ3v) is 9.37. The molecule has 1 fully saturated rings. The van der Waals surface area contributed by atoms with Gasteiger partial charge in [0.15, 0.2) is 11.5 Å². The number of ether oxygens (including phenoxy) is 3. The Morgan fingerprint density at radius 3 is 2.17 bits per heavy atom. The lowest BCUT2D eigenvalue weighted by molar-refractivity contribution is -0.108. The number of hydrogen-bond acceptors (Lipinski definition) is 6. The molecule has 0 N–H and O–H groups in total. The number of likely N-dealkylation sites (N-methyl/N-ethyl adjacent to an activating group) is 1. The number of nitrogens with zero attached hydrogens (tertiary/aromatic N) is 3. The number of aryl methyl sites for hydroxylation is 1. The van der Waals surface area contributed by atoms with Gasteiger partial charge in [-0.25, -0.2) is 4.79 Å². The highest BCUT2D eigenvalue weighted by Gasteiger charge is 2.26. The van der Waals surface area contributed by atoms with E-state index < -0.39 is 0 Å². The van der Waals surface area contributed by atoms with Gasteiger partial charge in [-0.05, 0) is 65.8 Å². The summed E-state index contributed by atoms with van der Waals surface area (Å²) < 4.78 is 16.6. The lowest BCUT2D eigenvalue weighted by Gasteiger charge is -2.26. The minimum atomic E-state index is 0.124. The first kappa shape index (κ1) is 48.5. The maximum absolute atomic E-state index is 12.0. The van der Waals surface area contributed by atoms with Crippen molar-refractivity contribution in [3.63, 3.8) is 0 Å². The first-order chi connectivity index (χ1) is 25.1. The molecule has 3 heterocycles. The van der Waals surface area contributed by atoms with Gasteiger partial charge in [0.25, 0.3) is 0 Å². The normalized spacial score (nSPS) is 15.0.